The molecule has 5 rings (SSSR count). The number of pyridine rings is 1. The lowest BCUT2D eigenvalue weighted by Crippen LogP contribution is -2.44. The summed E-state index contributed by atoms with van der Waals surface area (Å²) in [5.41, 5.74) is 11.7. The summed E-state index contributed by atoms with van der Waals surface area (Å²) >= 11 is 0. The van der Waals surface area contributed by atoms with Gasteiger partial charge in [0.1, 0.15) is 16.7 Å². The van der Waals surface area contributed by atoms with Gasteiger partial charge in [0.25, 0.3) is 0 Å². The molecule has 3 aromatic rings. The van der Waals surface area contributed by atoms with Crippen LogP contribution in [0.4, 0.5) is 5.69 Å². The zero-order chi connectivity index (χ0) is 22.9. The Morgan fingerprint density at radius 2 is 2.18 bits per heavy atom. The summed E-state index contributed by atoms with van der Waals surface area (Å²) < 4.78 is 15.5. The second kappa shape index (κ2) is 8.95. The van der Waals surface area contributed by atoms with Crippen LogP contribution in [0.2, 0.25) is 0 Å². The average molecular weight is 451 g/mol. The van der Waals surface area contributed by atoms with Gasteiger partial charge in [0.2, 0.25) is 0 Å². The highest BCUT2D eigenvalue weighted by atomic mass is 16.5. The van der Waals surface area contributed by atoms with Crippen LogP contribution in [0.5, 0.6) is 0 Å². The number of nitrogens with one attached hydrogen (secondary N) is 1. The molecule has 0 amide bonds. The van der Waals surface area contributed by atoms with Gasteiger partial charge in [-0.1, -0.05) is 0 Å². The molecule has 0 saturated carbocycles. The summed E-state index contributed by atoms with van der Waals surface area (Å²) in [7, 11) is 1.94. The van der Waals surface area contributed by atoms with Gasteiger partial charge < -0.3 is 25.5 Å². The molecular formula is C23H30N8O2. The predicted molar refractivity (Wildman–Crippen MR) is 127 cm³/mol. The maximum Gasteiger partial charge on any atom is 0.150 e. The van der Waals surface area contributed by atoms with Crippen LogP contribution in [0.25, 0.3) is 28.1 Å². The summed E-state index contributed by atoms with van der Waals surface area (Å²) in [6.45, 7) is 4.96. The van der Waals surface area contributed by atoms with E-state index >= 15 is 0 Å². The van der Waals surface area contributed by atoms with Gasteiger partial charge >= 0.3 is 0 Å². The molecule has 5 heterocycles. The Balaban J connectivity index is 1.71. The van der Waals surface area contributed by atoms with Crippen LogP contribution in [0.15, 0.2) is 24.4 Å². The topological polar surface area (TPSA) is 120 Å². The van der Waals surface area contributed by atoms with Crippen LogP contribution in [0.3, 0.4) is 0 Å². The number of ether oxygens (including phenoxy) is 2. The normalized spacial score (nSPS) is 22.1. The molecule has 10 nitrogen and oxygen atoms in total. The van der Waals surface area contributed by atoms with Gasteiger partial charge in [0.05, 0.1) is 36.0 Å². The molecule has 3 N–H and O–H groups in total. The molecule has 0 radical (unpaired) electrons. The van der Waals surface area contributed by atoms with Crippen molar-refractivity contribution < 1.29 is 9.47 Å². The number of hydrogen-bond acceptors (Lipinski definition) is 8. The molecule has 2 aliphatic heterocycles. The highest BCUT2D eigenvalue weighted by Gasteiger charge is 2.28. The highest BCUT2D eigenvalue weighted by molar-refractivity contribution is 5.99. The number of aryl methyl sites for hydroxylation is 1. The lowest BCUT2D eigenvalue weighted by Gasteiger charge is -2.35. The van der Waals surface area contributed by atoms with Crippen molar-refractivity contribution in [1.82, 2.24) is 24.5 Å². The molecule has 10 heteroatoms. The van der Waals surface area contributed by atoms with Crippen molar-refractivity contribution >= 4 is 28.6 Å². The molecule has 1 unspecified atom stereocenters. The van der Waals surface area contributed by atoms with Gasteiger partial charge in [-0.05, 0) is 44.4 Å². The second-order valence-corrected chi connectivity index (χ2v) is 8.58. The largest absolute Gasteiger partial charge is 0.397 e. The van der Waals surface area contributed by atoms with Gasteiger partial charge in [-0.15, -0.1) is 0 Å². The number of allylic oxidation sites excluding steroid dienone is 1. The van der Waals surface area contributed by atoms with Crippen molar-refractivity contribution in [2.24, 2.45) is 12.8 Å². The van der Waals surface area contributed by atoms with Gasteiger partial charge in [0, 0.05) is 38.7 Å². The van der Waals surface area contributed by atoms with Gasteiger partial charge in [0.15, 0.2) is 6.23 Å². The van der Waals surface area contributed by atoms with E-state index in [1.54, 1.807) is 12.3 Å². The first-order valence-corrected chi connectivity index (χ1v) is 11.4. The number of anilines is 1. The molecule has 2 atom stereocenters. The third-order valence-electron chi connectivity index (χ3n) is 6.35. The Hall–Kier alpha value is -3.24. The first kappa shape index (κ1) is 21.6. The van der Waals surface area contributed by atoms with Crippen LogP contribution in [0.1, 0.15) is 38.1 Å². The predicted octanol–water partition coefficient (Wildman–Crippen LogP) is 2.71. The molecule has 2 saturated heterocycles. The Labute approximate surface area is 192 Å². The molecule has 33 heavy (non-hydrogen) atoms. The van der Waals surface area contributed by atoms with E-state index < -0.39 is 0 Å². The molecule has 0 aromatic carbocycles. The molecule has 2 aliphatic rings. The minimum atomic E-state index is -0.106. The molecule has 3 aromatic heterocycles. The number of fused-ring (bicyclic) bond motifs is 1. The van der Waals surface area contributed by atoms with E-state index in [1.807, 2.05) is 28.5 Å². The number of nitrogens with two attached hydrogens (primary N) is 1. The first-order valence-electron chi connectivity index (χ1n) is 11.4. The zero-order valence-corrected chi connectivity index (χ0v) is 19.1. The highest BCUT2D eigenvalue weighted by Crippen LogP contribution is 2.36. The summed E-state index contributed by atoms with van der Waals surface area (Å²) in [5, 5.41) is 16.9. The molecule has 0 spiro atoms. The maximum atomic E-state index is 7.45. The quantitative estimate of drug-likeness (QED) is 0.574. The van der Waals surface area contributed by atoms with Gasteiger partial charge in [-0.25, -0.2) is 9.67 Å². The summed E-state index contributed by atoms with van der Waals surface area (Å²) in [4.78, 5) is 7.24. The van der Waals surface area contributed by atoms with E-state index in [0.717, 1.165) is 60.5 Å². The van der Waals surface area contributed by atoms with Crippen molar-refractivity contribution in [1.29, 1.82) is 5.41 Å². The Bertz CT molecular complexity index is 1190. The fourth-order valence-electron chi connectivity index (χ4n) is 4.70. The van der Waals surface area contributed by atoms with Crippen molar-refractivity contribution in [3.8, 4) is 11.4 Å². The molecule has 174 valence electrons. The third-order valence-corrected chi connectivity index (χ3v) is 6.35. The van der Waals surface area contributed by atoms with E-state index in [2.05, 4.69) is 16.9 Å². The Kier molecular flexibility index (Phi) is 5.86. The molecule has 2 fully saturated rings. The van der Waals surface area contributed by atoms with Crippen molar-refractivity contribution in [3.05, 3.63) is 30.1 Å². The summed E-state index contributed by atoms with van der Waals surface area (Å²) in [5.74, 6) is 0. The first-order chi connectivity index (χ1) is 16.1. The number of hydrogen-bond donors (Lipinski definition) is 2. The molecular weight excluding hydrogens is 420 g/mol. The third kappa shape index (κ3) is 3.89. The van der Waals surface area contributed by atoms with Crippen LogP contribution in [-0.2, 0) is 16.5 Å². The Morgan fingerprint density at radius 3 is 2.94 bits per heavy atom. The second-order valence-electron chi connectivity index (χ2n) is 8.58. The SMILES string of the molecule is C[C@@H]1COCCN1c1cc(/C(N)=C/C=N)nc2c(-c3ccnn3C3CCCCO3)nn(C)c12. The van der Waals surface area contributed by atoms with Crippen LogP contribution < -0.4 is 10.6 Å². The maximum absolute atomic E-state index is 7.45. The van der Waals surface area contributed by atoms with Crippen molar-refractivity contribution in [2.75, 3.05) is 31.3 Å². The Morgan fingerprint density at radius 1 is 1.30 bits per heavy atom. The zero-order valence-electron chi connectivity index (χ0n) is 19.1. The van der Waals surface area contributed by atoms with E-state index in [4.69, 9.17) is 30.7 Å². The average Bonchev–Trinajstić information content (AvgIpc) is 3.44. The van der Waals surface area contributed by atoms with E-state index in [1.165, 1.54) is 6.21 Å². The smallest absolute Gasteiger partial charge is 0.150 e. The summed E-state index contributed by atoms with van der Waals surface area (Å²) in [6, 6.07) is 4.15. The number of nitrogens with zero attached hydrogens (tertiary/aromatic N) is 6. The van der Waals surface area contributed by atoms with Crippen molar-refractivity contribution in [2.45, 2.75) is 38.5 Å². The monoisotopic (exact) mass is 450 g/mol. The standard InChI is InChI=1S/C23H30N8O2/c1-15-14-32-12-10-30(15)19-13-17(16(25)6-8-24)27-22-21(28-29(2)23(19)22)18-7-9-26-31(18)20-5-3-4-11-33-20/h6-9,13,15,20,24H,3-5,10-12,14,25H2,1-2H3/b16-6-,24-8?/t15-,20?/m1/s1. The van der Waals surface area contributed by atoms with Crippen LogP contribution in [-0.4, -0.2) is 63.2 Å². The van der Waals surface area contributed by atoms with E-state index in [9.17, 15) is 0 Å². The fraction of sp³-hybridized carbons (Fsp3) is 0.478. The molecule has 0 aliphatic carbocycles. The lowest BCUT2D eigenvalue weighted by molar-refractivity contribution is -0.0384. The van der Waals surface area contributed by atoms with Crippen LogP contribution in [0, 0.1) is 5.41 Å². The van der Waals surface area contributed by atoms with Crippen LogP contribution >= 0.6 is 0 Å². The summed E-state index contributed by atoms with van der Waals surface area (Å²) in [6.07, 6.45) is 7.51. The number of morpholine rings is 1. The minimum Gasteiger partial charge on any atom is -0.397 e. The number of aromatic nitrogens is 5. The van der Waals surface area contributed by atoms with E-state index in [0.29, 0.717) is 24.6 Å². The lowest BCUT2D eigenvalue weighted by atomic mass is 10.1. The van der Waals surface area contributed by atoms with E-state index in [-0.39, 0.29) is 12.3 Å². The molecule has 0 bridgehead atoms. The minimum absolute atomic E-state index is 0.106. The van der Waals surface area contributed by atoms with Gasteiger partial charge in [-0.2, -0.15) is 10.2 Å². The van der Waals surface area contributed by atoms with Gasteiger partial charge in [-0.3, -0.25) is 4.68 Å². The number of rotatable bonds is 5. The van der Waals surface area contributed by atoms with Crippen molar-refractivity contribution in [3.63, 3.8) is 0 Å². The fourth-order valence-corrected chi connectivity index (χ4v) is 4.70.